The molecule has 2 aromatic rings. The molecule has 1 unspecified atom stereocenters. The number of piperidine rings is 1. The zero-order valence-electron chi connectivity index (χ0n) is 18.9. The van der Waals surface area contributed by atoms with Gasteiger partial charge < -0.3 is 10.2 Å². The number of carbonyl (C=O) groups is 1. The Labute approximate surface area is 195 Å². The van der Waals surface area contributed by atoms with Gasteiger partial charge in [-0.15, -0.1) is 0 Å². The molecule has 1 saturated carbocycles. The zero-order valence-corrected chi connectivity index (χ0v) is 18.9. The number of nitrogens with zero attached hydrogens (tertiary/aromatic N) is 4. The smallest absolute Gasteiger partial charge is 0.381 e. The predicted molar refractivity (Wildman–Crippen MR) is 121 cm³/mol. The summed E-state index contributed by atoms with van der Waals surface area (Å²) in [5.41, 5.74) is 0.197. The van der Waals surface area contributed by atoms with E-state index in [0.717, 1.165) is 6.42 Å². The molecule has 1 aliphatic heterocycles. The van der Waals surface area contributed by atoms with E-state index in [1.807, 2.05) is 0 Å². The molecule has 1 amide bonds. The summed E-state index contributed by atoms with van der Waals surface area (Å²) in [4.78, 5) is 22.7. The third-order valence-corrected chi connectivity index (χ3v) is 6.64. The Kier molecular flexibility index (Phi) is 6.51. The van der Waals surface area contributed by atoms with E-state index in [1.165, 1.54) is 17.2 Å². The van der Waals surface area contributed by atoms with E-state index in [1.54, 1.807) is 35.9 Å². The number of pyridine rings is 1. The molecule has 0 radical (unpaired) electrons. The molecular formula is C24H27F4N5O. The van der Waals surface area contributed by atoms with Crippen LogP contribution in [0.5, 0.6) is 0 Å². The van der Waals surface area contributed by atoms with Crippen LogP contribution in [0.15, 0.2) is 54.1 Å². The highest BCUT2D eigenvalue weighted by Crippen LogP contribution is 2.54. The lowest BCUT2D eigenvalue weighted by atomic mass is 9.67. The van der Waals surface area contributed by atoms with Crippen LogP contribution in [0.4, 0.5) is 17.6 Å². The largest absolute Gasteiger partial charge is 0.403 e. The lowest BCUT2D eigenvalue weighted by molar-refractivity contribution is -0.248. The van der Waals surface area contributed by atoms with Crippen molar-refractivity contribution in [2.75, 3.05) is 13.1 Å². The number of imidazole rings is 1. The van der Waals surface area contributed by atoms with Crippen LogP contribution >= 0.6 is 0 Å². The summed E-state index contributed by atoms with van der Waals surface area (Å²) in [7, 11) is 0. The lowest BCUT2D eigenvalue weighted by Crippen LogP contribution is -2.59. The van der Waals surface area contributed by atoms with E-state index in [-0.39, 0.29) is 31.2 Å². The molecule has 10 heteroatoms. The highest BCUT2D eigenvalue weighted by molar-refractivity contribution is 5.98. The van der Waals surface area contributed by atoms with Gasteiger partial charge in [0.15, 0.2) is 0 Å². The maximum absolute atomic E-state index is 13.6. The monoisotopic (exact) mass is 477 g/mol. The molecule has 6 nitrogen and oxygen atoms in total. The van der Waals surface area contributed by atoms with Gasteiger partial charge in [0.05, 0.1) is 17.6 Å². The van der Waals surface area contributed by atoms with E-state index in [2.05, 4.69) is 21.9 Å². The van der Waals surface area contributed by atoms with Gasteiger partial charge in [0, 0.05) is 37.2 Å². The minimum Gasteiger partial charge on any atom is -0.381 e. The Morgan fingerprint density at radius 3 is 2.76 bits per heavy atom. The topological polar surface area (TPSA) is 62.0 Å². The molecule has 2 aliphatic rings. The third-order valence-electron chi connectivity index (χ3n) is 6.64. The van der Waals surface area contributed by atoms with Crippen molar-refractivity contribution in [2.45, 2.75) is 51.2 Å². The van der Waals surface area contributed by atoms with Crippen molar-refractivity contribution in [1.82, 2.24) is 19.6 Å². The third kappa shape index (κ3) is 4.58. The number of hydrogen-bond acceptors (Lipinski definition) is 4. The van der Waals surface area contributed by atoms with Crippen molar-refractivity contribution in [3.05, 3.63) is 60.6 Å². The summed E-state index contributed by atoms with van der Waals surface area (Å²) in [6.07, 6.45) is 3.14. The molecule has 3 heterocycles. The summed E-state index contributed by atoms with van der Waals surface area (Å²) < 4.78 is 55.8. The highest BCUT2D eigenvalue weighted by Gasteiger charge is 2.64. The first-order chi connectivity index (χ1) is 16.1. The first-order valence-electron chi connectivity index (χ1n) is 11.3. The number of nitrogens with one attached hydrogen (secondary N) is 1. The van der Waals surface area contributed by atoms with Crippen molar-refractivity contribution in [2.24, 2.45) is 10.4 Å². The molecule has 182 valence electrons. The fraction of sp³-hybridized carbons (Fsp3) is 0.458. The summed E-state index contributed by atoms with van der Waals surface area (Å²) in [6.45, 7) is 6.25. The number of rotatable bonds is 6. The number of alkyl halides is 3. The Bertz CT molecular complexity index is 1150. The number of aliphatic imine (C=N–C) groups is 1. The number of hydrogen-bond donors (Lipinski definition) is 1. The van der Waals surface area contributed by atoms with Crippen molar-refractivity contribution in [3.63, 3.8) is 0 Å². The summed E-state index contributed by atoms with van der Waals surface area (Å²) in [6, 6.07) is 2.73. The fourth-order valence-corrected chi connectivity index (χ4v) is 4.57. The van der Waals surface area contributed by atoms with Gasteiger partial charge in [-0.3, -0.25) is 14.2 Å². The van der Waals surface area contributed by atoms with Crippen LogP contribution in [0.25, 0.3) is 5.65 Å². The van der Waals surface area contributed by atoms with Crippen molar-refractivity contribution in [3.8, 4) is 0 Å². The molecule has 4 rings (SSSR count). The number of fused-ring (bicyclic) bond motifs is 1. The minimum atomic E-state index is -4.52. The molecule has 1 saturated heterocycles. The van der Waals surface area contributed by atoms with Crippen LogP contribution in [-0.4, -0.2) is 51.2 Å². The lowest BCUT2D eigenvalue weighted by Gasteiger charge is -2.46. The maximum Gasteiger partial charge on any atom is 0.403 e. The quantitative estimate of drug-likeness (QED) is 0.375. The highest BCUT2D eigenvalue weighted by atomic mass is 19.4. The molecule has 34 heavy (non-hydrogen) atoms. The second-order valence-electron chi connectivity index (χ2n) is 8.94. The van der Waals surface area contributed by atoms with Crippen molar-refractivity contribution < 1.29 is 22.4 Å². The van der Waals surface area contributed by atoms with E-state index < -0.39 is 17.5 Å². The Balaban J connectivity index is 1.36. The molecule has 2 aromatic heterocycles. The fourth-order valence-electron chi connectivity index (χ4n) is 4.57. The first-order valence-corrected chi connectivity index (χ1v) is 11.3. The predicted octanol–water partition coefficient (Wildman–Crippen LogP) is 4.62. The zero-order chi connectivity index (χ0) is 24.5. The normalized spacial score (nSPS) is 21.0. The van der Waals surface area contributed by atoms with E-state index in [9.17, 15) is 22.4 Å². The van der Waals surface area contributed by atoms with Crippen LogP contribution in [0.2, 0.25) is 0 Å². The molecular weight excluding hydrogens is 450 g/mol. The summed E-state index contributed by atoms with van der Waals surface area (Å²) in [5, 5.41) is 3.18. The number of allylic oxidation sites excluding steroid dienone is 1. The van der Waals surface area contributed by atoms with Crippen LogP contribution in [0, 0.1) is 11.2 Å². The van der Waals surface area contributed by atoms with Crippen molar-refractivity contribution >= 4 is 17.3 Å². The van der Waals surface area contributed by atoms with Gasteiger partial charge in [-0.05, 0) is 50.8 Å². The number of halogens is 4. The van der Waals surface area contributed by atoms with Crippen LogP contribution in [0.3, 0.4) is 0 Å². The molecule has 1 atom stereocenters. The second kappa shape index (κ2) is 9.23. The van der Waals surface area contributed by atoms with E-state index in [4.69, 9.17) is 0 Å². The van der Waals surface area contributed by atoms with E-state index >= 15 is 0 Å². The minimum absolute atomic E-state index is 0.129. The van der Waals surface area contributed by atoms with Crippen LogP contribution in [0.1, 0.15) is 44.7 Å². The average molecular weight is 478 g/mol. The number of likely N-dealkylation sites (tertiary alicyclic amines) is 1. The molecule has 0 spiro atoms. The molecule has 1 aliphatic carbocycles. The van der Waals surface area contributed by atoms with Gasteiger partial charge in [-0.25, -0.2) is 9.37 Å². The number of aromatic nitrogens is 2. The number of carbonyl (C=O) groups excluding carboxylic acids is 1. The second-order valence-corrected chi connectivity index (χ2v) is 8.94. The molecule has 1 N–H and O–H groups in total. The van der Waals surface area contributed by atoms with Gasteiger partial charge in [-0.2, -0.15) is 13.2 Å². The van der Waals surface area contributed by atoms with Crippen LogP contribution < -0.4 is 5.32 Å². The van der Waals surface area contributed by atoms with Crippen molar-refractivity contribution in [1.29, 1.82) is 0 Å². The van der Waals surface area contributed by atoms with Crippen LogP contribution in [-0.2, 0) is 4.79 Å². The van der Waals surface area contributed by atoms with Gasteiger partial charge in [0.25, 0.3) is 0 Å². The Morgan fingerprint density at radius 1 is 1.32 bits per heavy atom. The van der Waals surface area contributed by atoms with Gasteiger partial charge in [-0.1, -0.05) is 13.0 Å². The number of amides is 1. The van der Waals surface area contributed by atoms with Gasteiger partial charge in [0.1, 0.15) is 16.9 Å². The SMILES string of the molecule is C=C(/C=C\N=C(C)c1cnc2ccc(F)cn12)NC1CCCN(C(=O)C2(C(F)(F)F)CCC2)C1. The summed E-state index contributed by atoms with van der Waals surface area (Å²) >= 11 is 0. The standard InChI is InChI=1S/C24H27F4N5O/c1-16(8-11-29-17(2)20-13-30-21-7-6-18(25)14-33(20)21)31-19-5-3-12-32(15-19)22(34)23(9-4-10-23)24(26,27)28/h6-8,11,13-14,19,31H,1,3-5,9-10,12,15H2,2H3/b11-8-,29-17?. The molecule has 0 aromatic carbocycles. The average Bonchev–Trinajstić information content (AvgIpc) is 3.15. The van der Waals surface area contributed by atoms with Gasteiger partial charge in [0.2, 0.25) is 5.91 Å². The molecule has 2 fully saturated rings. The Morgan fingerprint density at radius 2 is 2.09 bits per heavy atom. The Hall–Kier alpha value is -3.17. The first kappa shape index (κ1) is 24.0. The maximum atomic E-state index is 13.6. The van der Waals surface area contributed by atoms with E-state index in [0.29, 0.717) is 42.1 Å². The van der Waals surface area contributed by atoms with Gasteiger partial charge >= 0.3 is 6.18 Å². The summed E-state index contributed by atoms with van der Waals surface area (Å²) in [5.74, 6) is -1.19. The molecule has 0 bridgehead atoms.